The number of nitrogens with zero attached hydrogens (tertiary/aromatic N) is 2. The average Bonchev–Trinajstić information content (AvgIpc) is 2.76. The van der Waals surface area contributed by atoms with Crippen molar-refractivity contribution in [2.24, 2.45) is 0 Å². The van der Waals surface area contributed by atoms with E-state index in [0.29, 0.717) is 21.9 Å². The fraction of sp³-hybridized carbons (Fsp3) is 0.167. The van der Waals surface area contributed by atoms with Crippen molar-refractivity contribution < 1.29 is 14.3 Å². The average molecular weight is 262 g/mol. The van der Waals surface area contributed by atoms with Gasteiger partial charge in [-0.05, 0) is 49.6 Å². The van der Waals surface area contributed by atoms with E-state index < -0.39 is 5.97 Å². The molecule has 0 saturated carbocycles. The van der Waals surface area contributed by atoms with Crippen molar-refractivity contribution in [2.45, 2.75) is 13.8 Å². The number of Topliss-reactive ketones (excluding diaryl/α,β-unsaturated/α-hetero) is 1. The SMILES string of the molecule is CC(=O)c1ccc(OC(=O)c2snnc2C)cc1. The van der Waals surface area contributed by atoms with Crippen LogP contribution in [0.15, 0.2) is 24.3 Å². The molecule has 2 rings (SSSR count). The van der Waals surface area contributed by atoms with Gasteiger partial charge in [0.2, 0.25) is 0 Å². The van der Waals surface area contributed by atoms with E-state index in [2.05, 4.69) is 9.59 Å². The Hall–Kier alpha value is -2.08. The molecule has 92 valence electrons. The number of esters is 1. The van der Waals surface area contributed by atoms with Crippen LogP contribution in [0.3, 0.4) is 0 Å². The zero-order chi connectivity index (χ0) is 13.1. The summed E-state index contributed by atoms with van der Waals surface area (Å²) in [6.07, 6.45) is 0. The lowest BCUT2D eigenvalue weighted by Crippen LogP contribution is -2.08. The summed E-state index contributed by atoms with van der Waals surface area (Å²) in [4.78, 5) is 23.2. The van der Waals surface area contributed by atoms with E-state index in [1.165, 1.54) is 6.92 Å². The first-order chi connectivity index (χ1) is 8.58. The molecule has 6 heteroatoms. The summed E-state index contributed by atoms with van der Waals surface area (Å²) in [5.41, 5.74) is 1.12. The van der Waals surface area contributed by atoms with Crippen LogP contribution >= 0.6 is 11.5 Å². The minimum Gasteiger partial charge on any atom is -0.422 e. The van der Waals surface area contributed by atoms with Crippen LogP contribution in [0.1, 0.15) is 32.6 Å². The van der Waals surface area contributed by atoms with Crippen molar-refractivity contribution in [2.75, 3.05) is 0 Å². The highest BCUT2D eigenvalue weighted by atomic mass is 32.1. The number of hydrogen-bond donors (Lipinski definition) is 0. The van der Waals surface area contributed by atoms with Crippen LogP contribution in [0.2, 0.25) is 0 Å². The summed E-state index contributed by atoms with van der Waals surface area (Å²) in [5.74, 6) is -0.133. The Bertz CT molecular complexity index is 590. The quantitative estimate of drug-likeness (QED) is 0.482. The van der Waals surface area contributed by atoms with E-state index in [-0.39, 0.29) is 5.78 Å². The normalized spacial score (nSPS) is 10.1. The number of carbonyl (C=O) groups excluding carboxylic acids is 2. The zero-order valence-corrected chi connectivity index (χ0v) is 10.7. The summed E-state index contributed by atoms with van der Waals surface area (Å²) in [7, 11) is 0. The Kier molecular flexibility index (Phi) is 3.47. The third kappa shape index (κ3) is 2.60. The molecule has 18 heavy (non-hydrogen) atoms. The molecule has 0 aliphatic carbocycles. The first kappa shape index (κ1) is 12.4. The molecule has 0 radical (unpaired) electrons. The Labute approximate surface area is 108 Å². The Morgan fingerprint density at radius 1 is 1.22 bits per heavy atom. The molecule has 0 saturated heterocycles. The summed E-state index contributed by atoms with van der Waals surface area (Å²) in [5, 5.41) is 3.74. The van der Waals surface area contributed by atoms with Gasteiger partial charge in [-0.25, -0.2) is 4.79 Å². The Balaban J connectivity index is 2.13. The second-order valence-corrected chi connectivity index (χ2v) is 4.41. The first-order valence-electron chi connectivity index (χ1n) is 5.20. The Morgan fingerprint density at radius 3 is 2.39 bits per heavy atom. The smallest absolute Gasteiger partial charge is 0.357 e. The molecule has 0 bridgehead atoms. The highest BCUT2D eigenvalue weighted by Crippen LogP contribution is 2.17. The molecule has 1 aromatic carbocycles. The molecular weight excluding hydrogens is 252 g/mol. The van der Waals surface area contributed by atoms with E-state index in [1.54, 1.807) is 31.2 Å². The molecule has 0 amide bonds. The maximum Gasteiger partial charge on any atom is 0.357 e. The second kappa shape index (κ2) is 5.05. The van der Waals surface area contributed by atoms with Gasteiger partial charge >= 0.3 is 5.97 Å². The maximum absolute atomic E-state index is 11.8. The van der Waals surface area contributed by atoms with Crippen molar-refractivity contribution in [3.63, 3.8) is 0 Å². The molecule has 0 aliphatic heterocycles. The van der Waals surface area contributed by atoms with Crippen LogP contribution in [0.5, 0.6) is 5.75 Å². The second-order valence-electron chi connectivity index (χ2n) is 3.66. The summed E-state index contributed by atoms with van der Waals surface area (Å²) in [6.45, 7) is 3.17. The highest BCUT2D eigenvalue weighted by molar-refractivity contribution is 7.07. The molecule has 0 atom stereocenters. The number of aryl methyl sites for hydroxylation is 1. The summed E-state index contributed by atoms with van der Waals surface area (Å²) in [6, 6.07) is 6.39. The van der Waals surface area contributed by atoms with Gasteiger partial charge in [0.15, 0.2) is 10.7 Å². The predicted molar refractivity (Wildman–Crippen MR) is 66.1 cm³/mol. The van der Waals surface area contributed by atoms with Gasteiger partial charge in [0.1, 0.15) is 5.75 Å². The van der Waals surface area contributed by atoms with E-state index in [1.807, 2.05) is 0 Å². The van der Waals surface area contributed by atoms with Crippen LogP contribution in [0.4, 0.5) is 0 Å². The standard InChI is InChI=1S/C12H10N2O3S/c1-7-11(18-14-13-7)12(16)17-10-5-3-9(4-6-10)8(2)15/h3-6H,1-2H3. The third-order valence-electron chi connectivity index (χ3n) is 2.31. The lowest BCUT2D eigenvalue weighted by Gasteiger charge is -2.03. The van der Waals surface area contributed by atoms with Gasteiger partial charge in [-0.3, -0.25) is 4.79 Å². The lowest BCUT2D eigenvalue weighted by molar-refractivity contribution is 0.0739. The number of carbonyl (C=O) groups is 2. The number of rotatable bonds is 3. The molecule has 1 heterocycles. The highest BCUT2D eigenvalue weighted by Gasteiger charge is 2.15. The topological polar surface area (TPSA) is 69.2 Å². The maximum atomic E-state index is 11.8. The minimum absolute atomic E-state index is 0.0321. The van der Waals surface area contributed by atoms with Gasteiger partial charge in [-0.1, -0.05) is 4.49 Å². The van der Waals surface area contributed by atoms with E-state index in [4.69, 9.17) is 4.74 Å². The fourth-order valence-corrected chi connectivity index (χ4v) is 1.86. The van der Waals surface area contributed by atoms with Crippen molar-refractivity contribution in [3.8, 4) is 5.75 Å². The molecule has 5 nitrogen and oxygen atoms in total. The number of aromatic nitrogens is 2. The van der Waals surface area contributed by atoms with Crippen molar-refractivity contribution in [3.05, 3.63) is 40.4 Å². The fourth-order valence-electron chi connectivity index (χ4n) is 1.33. The molecule has 0 aliphatic rings. The van der Waals surface area contributed by atoms with Gasteiger partial charge in [-0.15, -0.1) is 5.10 Å². The molecule has 0 fully saturated rings. The monoisotopic (exact) mass is 262 g/mol. The minimum atomic E-state index is -0.488. The van der Waals surface area contributed by atoms with Crippen molar-refractivity contribution in [1.82, 2.24) is 9.59 Å². The van der Waals surface area contributed by atoms with Crippen LogP contribution in [0.25, 0.3) is 0 Å². The number of ether oxygens (including phenoxy) is 1. The number of ketones is 1. The van der Waals surface area contributed by atoms with E-state index >= 15 is 0 Å². The van der Waals surface area contributed by atoms with Crippen LogP contribution < -0.4 is 4.74 Å². The predicted octanol–water partition coefficient (Wildman–Crippen LogP) is 2.27. The molecule has 0 spiro atoms. The number of benzene rings is 1. The summed E-state index contributed by atoms with van der Waals surface area (Å²) >= 11 is 0.995. The van der Waals surface area contributed by atoms with Crippen LogP contribution in [-0.4, -0.2) is 21.3 Å². The lowest BCUT2D eigenvalue weighted by atomic mass is 10.1. The van der Waals surface area contributed by atoms with Gasteiger partial charge in [-0.2, -0.15) is 0 Å². The number of hydrogen-bond acceptors (Lipinski definition) is 6. The van der Waals surface area contributed by atoms with Crippen molar-refractivity contribution in [1.29, 1.82) is 0 Å². The van der Waals surface area contributed by atoms with Crippen molar-refractivity contribution >= 4 is 23.3 Å². The first-order valence-corrected chi connectivity index (χ1v) is 5.97. The molecule has 0 unspecified atom stereocenters. The van der Waals surface area contributed by atoms with Gasteiger partial charge < -0.3 is 4.74 Å². The van der Waals surface area contributed by atoms with E-state index in [9.17, 15) is 9.59 Å². The molecule has 1 aromatic heterocycles. The largest absolute Gasteiger partial charge is 0.422 e. The molecule has 0 N–H and O–H groups in total. The van der Waals surface area contributed by atoms with Gasteiger partial charge in [0.05, 0.1) is 5.69 Å². The zero-order valence-electron chi connectivity index (χ0n) is 9.84. The van der Waals surface area contributed by atoms with Crippen LogP contribution in [0, 0.1) is 6.92 Å². The van der Waals surface area contributed by atoms with Gasteiger partial charge in [0, 0.05) is 5.56 Å². The van der Waals surface area contributed by atoms with Crippen LogP contribution in [-0.2, 0) is 0 Å². The summed E-state index contributed by atoms with van der Waals surface area (Å²) < 4.78 is 8.82. The Morgan fingerprint density at radius 2 is 1.89 bits per heavy atom. The molecule has 2 aromatic rings. The third-order valence-corrected chi connectivity index (χ3v) is 3.12. The van der Waals surface area contributed by atoms with Gasteiger partial charge in [0.25, 0.3) is 0 Å². The molecular formula is C12H10N2O3S. The van der Waals surface area contributed by atoms with E-state index in [0.717, 1.165) is 11.5 Å².